The van der Waals surface area contributed by atoms with Crippen LogP contribution < -0.4 is 5.32 Å². The normalized spacial score (nSPS) is 25.0. The zero-order chi connectivity index (χ0) is 13.8. The molecule has 1 aromatic rings. The van der Waals surface area contributed by atoms with Gasteiger partial charge in [-0.15, -0.1) is 0 Å². The highest BCUT2D eigenvalue weighted by atomic mass is 32.1. The number of piperidine rings is 1. The lowest BCUT2D eigenvalue weighted by atomic mass is 9.85. The molecule has 0 bridgehead atoms. The number of thiophene rings is 1. The van der Waals surface area contributed by atoms with Gasteiger partial charge in [-0.05, 0) is 86.0 Å². The van der Waals surface area contributed by atoms with E-state index in [9.17, 15) is 0 Å². The molecule has 1 aromatic heterocycles. The second kappa shape index (κ2) is 7.06. The van der Waals surface area contributed by atoms with Crippen molar-refractivity contribution in [1.29, 1.82) is 0 Å². The summed E-state index contributed by atoms with van der Waals surface area (Å²) in [5.41, 5.74) is 1.51. The smallest absolute Gasteiger partial charge is 0.0244 e. The van der Waals surface area contributed by atoms with Gasteiger partial charge in [0.1, 0.15) is 0 Å². The molecule has 1 aliphatic heterocycles. The molecule has 0 radical (unpaired) electrons. The Balaban J connectivity index is 1.46. The first-order valence-corrected chi connectivity index (χ1v) is 9.23. The maximum atomic E-state index is 3.56. The average molecular weight is 292 g/mol. The fourth-order valence-electron chi connectivity index (χ4n) is 3.42. The highest BCUT2D eigenvalue weighted by Crippen LogP contribution is 2.30. The summed E-state index contributed by atoms with van der Waals surface area (Å²) in [7, 11) is 0. The van der Waals surface area contributed by atoms with Crippen molar-refractivity contribution >= 4 is 11.3 Å². The third kappa shape index (κ3) is 4.06. The Labute approximate surface area is 127 Å². The van der Waals surface area contributed by atoms with E-state index in [-0.39, 0.29) is 0 Å². The number of hydrogen-bond acceptors (Lipinski definition) is 3. The molecule has 2 heterocycles. The highest BCUT2D eigenvalue weighted by Gasteiger charge is 2.29. The zero-order valence-corrected chi connectivity index (χ0v) is 13.5. The van der Waals surface area contributed by atoms with Crippen molar-refractivity contribution in [2.75, 3.05) is 19.6 Å². The van der Waals surface area contributed by atoms with Crippen LogP contribution in [0.2, 0.25) is 0 Å². The molecule has 2 fully saturated rings. The second-order valence-electron chi connectivity index (χ2n) is 6.71. The number of hydrogen-bond donors (Lipinski definition) is 1. The van der Waals surface area contributed by atoms with Gasteiger partial charge in [0.25, 0.3) is 0 Å². The van der Waals surface area contributed by atoms with Gasteiger partial charge >= 0.3 is 0 Å². The van der Waals surface area contributed by atoms with Crippen molar-refractivity contribution in [2.24, 2.45) is 11.8 Å². The molecule has 3 heteroatoms. The first kappa shape index (κ1) is 14.6. The zero-order valence-electron chi connectivity index (χ0n) is 12.7. The molecular formula is C17H28N2S. The largest absolute Gasteiger partial charge is 0.316 e. The van der Waals surface area contributed by atoms with Crippen LogP contribution in [0.15, 0.2) is 16.8 Å². The van der Waals surface area contributed by atoms with E-state index in [1.165, 1.54) is 63.8 Å². The van der Waals surface area contributed by atoms with E-state index in [0.29, 0.717) is 0 Å². The average Bonchev–Trinajstić information content (AvgIpc) is 3.21. The first-order valence-electron chi connectivity index (χ1n) is 8.29. The molecule has 1 saturated carbocycles. The summed E-state index contributed by atoms with van der Waals surface area (Å²) in [6, 6.07) is 3.17. The first-order chi connectivity index (χ1) is 9.83. The van der Waals surface area contributed by atoms with E-state index >= 15 is 0 Å². The Kier molecular flexibility index (Phi) is 5.14. The minimum Gasteiger partial charge on any atom is -0.316 e. The maximum absolute atomic E-state index is 3.56. The number of rotatable bonds is 7. The Morgan fingerprint density at radius 3 is 2.95 bits per heavy atom. The van der Waals surface area contributed by atoms with Gasteiger partial charge in [0, 0.05) is 12.6 Å². The Morgan fingerprint density at radius 1 is 1.40 bits per heavy atom. The monoisotopic (exact) mass is 292 g/mol. The van der Waals surface area contributed by atoms with Crippen LogP contribution in [0.3, 0.4) is 0 Å². The summed E-state index contributed by atoms with van der Waals surface area (Å²) < 4.78 is 0. The molecule has 20 heavy (non-hydrogen) atoms. The summed E-state index contributed by atoms with van der Waals surface area (Å²) in [6.07, 6.45) is 7.01. The van der Waals surface area contributed by atoms with E-state index in [1.807, 2.05) is 11.3 Å². The molecular weight excluding hydrogens is 264 g/mol. The molecule has 2 atom stereocenters. The van der Waals surface area contributed by atoms with Gasteiger partial charge in [-0.1, -0.05) is 6.92 Å². The van der Waals surface area contributed by atoms with E-state index in [0.717, 1.165) is 17.9 Å². The molecule has 2 unspecified atom stereocenters. The molecule has 0 amide bonds. The van der Waals surface area contributed by atoms with Crippen LogP contribution >= 0.6 is 11.3 Å². The lowest BCUT2D eigenvalue weighted by molar-refractivity contribution is 0.201. The van der Waals surface area contributed by atoms with Crippen LogP contribution in [0, 0.1) is 11.8 Å². The Morgan fingerprint density at radius 2 is 2.30 bits per heavy atom. The topological polar surface area (TPSA) is 15.3 Å². The molecule has 1 aliphatic carbocycles. The summed E-state index contributed by atoms with van der Waals surface area (Å²) >= 11 is 1.83. The van der Waals surface area contributed by atoms with Gasteiger partial charge < -0.3 is 5.32 Å². The van der Waals surface area contributed by atoms with Gasteiger partial charge in [0.2, 0.25) is 0 Å². The van der Waals surface area contributed by atoms with Crippen molar-refractivity contribution in [2.45, 2.75) is 51.6 Å². The standard InChI is InChI=1S/C17H28N2S/c1-14(16-3-2-8-18-11-16)6-9-19(17-4-5-17)12-15-7-10-20-13-15/h7,10,13-14,16-18H,2-6,8-9,11-12H2,1H3. The number of nitrogens with zero attached hydrogens (tertiary/aromatic N) is 1. The van der Waals surface area contributed by atoms with Crippen LogP contribution in [-0.4, -0.2) is 30.6 Å². The molecule has 1 N–H and O–H groups in total. The summed E-state index contributed by atoms with van der Waals surface area (Å²) in [6.45, 7) is 7.40. The quantitative estimate of drug-likeness (QED) is 0.823. The minimum absolute atomic E-state index is 0.867. The highest BCUT2D eigenvalue weighted by molar-refractivity contribution is 7.07. The molecule has 2 aliphatic rings. The summed E-state index contributed by atoms with van der Waals surface area (Å²) in [5, 5.41) is 8.08. The predicted molar refractivity (Wildman–Crippen MR) is 87.1 cm³/mol. The third-order valence-corrected chi connectivity index (χ3v) is 5.77. The van der Waals surface area contributed by atoms with Gasteiger partial charge in [0.05, 0.1) is 0 Å². The lowest BCUT2D eigenvalue weighted by Gasteiger charge is -2.30. The van der Waals surface area contributed by atoms with Crippen molar-refractivity contribution in [3.8, 4) is 0 Å². The number of nitrogens with one attached hydrogen (secondary N) is 1. The van der Waals surface area contributed by atoms with Crippen LogP contribution in [-0.2, 0) is 6.54 Å². The fraction of sp³-hybridized carbons (Fsp3) is 0.765. The van der Waals surface area contributed by atoms with Crippen molar-refractivity contribution < 1.29 is 0 Å². The van der Waals surface area contributed by atoms with Gasteiger partial charge in [-0.25, -0.2) is 0 Å². The van der Waals surface area contributed by atoms with Gasteiger partial charge in [-0.2, -0.15) is 11.3 Å². The molecule has 2 nitrogen and oxygen atoms in total. The SMILES string of the molecule is CC(CCN(Cc1ccsc1)C1CC1)C1CCCNC1. The lowest BCUT2D eigenvalue weighted by Crippen LogP contribution is -2.35. The van der Waals surface area contributed by atoms with E-state index in [2.05, 4.69) is 34.0 Å². The molecule has 3 rings (SSSR count). The fourth-order valence-corrected chi connectivity index (χ4v) is 4.08. The van der Waals surface area contributed by atoms with Crippen molar-refractivity contribution in [1.82, 2.24) is 10.2 Å². The summed E-state index contributed by atoms with van der Waals surface area (Å²) in [5.74, 6) is 1.78. The van der Waals surface area contributed by atoms with Gasteiger partial charge in [-0.3, -0.25) is 4.90 Å². The van der Waals surface area contributed by atoms with Crippen LogP contribution in [0.4, 0.5) is 0 Å². The molecule has 0 aromatic carbocycles. The molecule has 1 saturated heterocycles. The maximum Gasteiger partial charge on any atom is 0.0244 e. The second-order valence-corrected chi connectivity index (χ2v) is 7.49. The minimum atomic E-state index is 0.867. The van der Waals surface area contributed by atoms with Crippen LogP contribution in [0.5, 0.6) is 0 Å². The molecule has 112 valence electrons. The Bertz CT molecular complexity index is 380. The molecule has 0 spiro atoms. The third-order valence-electron chi connectivity index (χ3n) is 5.04. The van der Waals surface area contributed by atoms with E-state index in [1.54, 1.807) is 0 Å². The van der Waals surface area contributed by atoms with Crippen molar-refractivity contribution in [3.05, 3.63) is 22.4 Å². The predicted octanol–water partition coefficient (Wildman–Crippen LogP) is 3.74. The van der Waals surface area contributed by atoms with Gasteiger partial charge in [0.15, 0.2) is 0 Å². The summed E-state index contributed by atoms with van der Waals surface area (Å²) in [4.78, 5) is 2.73. The van der Waals surface area contributed by atoms with Crippen molar-refractivity contribution in [3.63, 3.8) is 0 Å². The van der Waals surface area contributed by atoms with E-state index < -0.39 is 0 Å². The Hall–Kier alpha value is -0.380. The van der Waals surface area contributed by atoms with E-state index in [4.69, 9.17) is 0 Å². The van der Waals surface area contributed by atoms with Crippen LogP contribution in [0.25, 0.3) is 0 Å². The van der Waals surface area contributed by atoms with Crippen LogP contribution in [0.1, 0.15) is 44.6 Å².